The average Bonchev–Trinajstić information content (AvgIpc) is 2.56. The van der Waals surface area contributed by atoms with Gasteiger partial charge in [-0.15, -0.1) is 0 Å². The molecule has 1 heterocycles. The predicted octanol–water partition coefficient (Wildman–Crippen LogP) is 5.05. The van der Waals surface area contributed by atoms with Gasteiger partial charge in [-0.3, -0.25) is 4.79 Å². The Morgan fingerprint density at radius 2 is 1.69 bits per heavy atom. The lowest BCUT2D eigenvalue weighted by Gasteiger charge is -2.11. The van der Waals surface area contributed by atoms with Crippen LogP contribution in [0.5, 0.6) is 0 Å². The number of aromatic nitrogens is 2. The number of carbonyl (C=O) groups is 1. The molecule has 5 nitrogen and oxygen atoms in total. The first-order chi connectivity index (χ1) is 12.4. The molecular formula is C20H19ClN4O. The molecule has 26 heavy (non-hydrogen) atoms. The van der Waals surface area contributed by atoms with Crippen LogP contribution in [-0.4, -0.2) is 15.9 Å². The Morgan fingerprint density at radius 1 is 0.962 bits per heavy atom. The highest BCUT2D eigenvalue weighted by Gasteiger charge is 2.09. The molecule has 0 aliphatic rings. The fraction of sp³-hybridized carbons (Fsp3) is 0.150. The molecule has 0 unspecified atom stereocenters. The number of nitrogens with one attached hydrogen (secondary N) is 2. The van der Waals surface area contributed by atoms with E-state index < -0.39 is 0 Å². The van der Waals surface area contributed by atoms with Crippen molar-refractivity contribution in [3.63, 3.8) is 0 Å². The minimum Gasteiger partial charge on any atom is -0.324 e. The molecule has 1 amide bonds. The van der Waals surface area contributed by atoms with Crippen LogP contribution in [0.2, 0.25) is 5.02 Å². The van der Waals surface area contributed by atoms with Crippen LogP contribution >= 0.6 is 11.6 Å². The van der Waals surface area contributed by atoms with Gasteiger partial charge in [0.15, 0.2) is 0 Å². The van der Waals surface area contributed by atoms with Crippen molar-refractivity contribution in [1.82, 2.24) is 9.97 Å². The molecule has 0 saturated heterocycles. The molecular weight excluding hydrogens is 348 g/mol. The molecule has 0 spiro atoms. The van der Waals surface area contributed by atoms with Gasteiger partial charge in [-0.1, -0.05) is 17.7 Å². The smallest absolute Gasteiger partial charge is 0.255 e. The van der Waals surface area contributed by atoms with Crippen LogP contribution in [0.25, 0.3) is 0 Å². The maximum atomic E-state index is 12.6. The van der Waals surface area contributed by atoms with Gasteiger partial charge in [0.1, 0.15) is 0 Å². The summed E-state index contributed by atoms with van der Waals surface area (Å²) in [5.41, 5.74) is 4.68. The fourth-order valence-electron chi connectivity index (χ4n) is 2.61. The first-order valence-electron chi connectivity index (χ1n) is 8.17. The van der Waals surface area contributed by atoms with Gasteiger partial charge in [0.25, 0.3) is 5.91 Å². The van der Waals surface area contributed by atoms with Crippen molar-refractivity contribution in [1.29, 1.82) is 0 Å². The van der Waals surface area contributed by atoms with Gasteiger partial charge >= 0.3 is 0 Å². The minimum atomic E-state index is -0.194. The van der Waals surface area contributed by atoms with Gasteiger partial charge in [0.2, 0.25) is 5.95 Å². The quantitative estimate of drug-likeness (QED) is 0.678. The zero-order valence-corrected chi connectivity index (χ0v) is 15.6. The Morgan fingerprint density at radius 3 is 2.38 bits per heavy atom. The fourth-order valence-corrected chi connectivity index (χ4v) is 2.84. The van der Waals surface area contributed by atoms with Crippen molar-refractivity contribution in [2.45, 2.75) is 20.8 Å². The van der Waals surface area contributed by atoms with Gasteiger partial charge in [-0.2, -0.15) is 0 Å². The maximum absolute atomic E-state index is 12.6. The molecule has 0 radical (unpaired) electrons. The SMILES string of the molecule is Cc1cc(C)nc(Nc2cccc(C(=O)Nc3ccc(Cl)cc3C)c2)n1. The predicted molar refractivity (Wildman–Crippen MR) is 105 cm³/mol. The minimum absolute atomic E-state index is 0.194. The molecule has 3 aromatic rings. The number of nitrogens with zero attached hydrogens (tertiary/aromatic N) is 2. The summed E-state index contributed by atoms with van der Waals surface area (Å²) in [6, 6.07) is 14.5. The number of hydrogen-bond donors (Lipinski definition) is 2. The second-order valence-electron chi connectivity index (χ2n) is 6.09. The van der Waals surface area contributed by atoms with Crippen molar-refractivity contribution in [2.24, 2.45) is 0 Å². The topological polar surface area (TPSA) is 66.9 Å². The Bertz CT molecular complexity index is 952. The summed E-state index contributed by atoms with van der Waals surface area (Å²) < 4.78 is 0. The normalized spacial score (nSPS) is 10.5. The molecule has 2 N–H and O–H groups in total. The van der Waals surface area contributed by atoms with Gasteiger partial charge < -0.3 is 10.6 Å². The van der Waals surface area contributed by atoms with Crippen molar-refractivity contribution in [3.05, 3.63) is 76.1 Å². The summed E-state index contributed by atoms with van der Waals surface area (Å²) in [5.74, 6) is 0.314. The highest BCUT2D eigenvalue weighted by atomic mass is 35.5. The molecule has 0 bridgehead atoms. The van der Waals surface area contributed by atoms with E-state index in [-0.39, 0.29) is 5.91 Å². The van der Waals surface area contributed by atoms with Gasteiger partial charge in [0, 0.05) is 33.3 Å². The molecule has 3 rings (SSSR count). The summed E-state index contributed by atoms with van der Waals surface area (Å²) in [6.45, 7) is 5.73. The third-order valence-electron chi connectivity index (χ3n) is 3.80. The molecule has 0 saturated carbocycles. The summed E-state index contributed by atoms with van der Waals surface area (Å²) in [7, 11) is 0. The van der Waals surface area contributed by atoms with Crippen LogP contribution in [0, 0.1) is 20.8 Å². The van der Waals surface area contributed by atoms with E-state index in [2.05, 4.69) is 20.6 Å². The second kappa shape index (κ2) is 7.54. The summed E-state index contributed by atoms with van der Waals surface area (Å²) >= 11 is 5.96. The van der Waals surface area contributed by atoms with E-state index in [1.807, 2.05) is 45.0 Å². The maximum Gasteiger partial charge on any atom is 0.255 e. The highest BCUT2D eigenvalue weighted by molar-refractivity contribution is 6.30. The Kier molecular flexibility index (Phi) is 5.19. The Hall–Kier alpha value is -2.92. The molecule has 0 atom stereocenters. The zero-order chi connectivity index (χ0) is 18.7. The molecule has 0 fully saturated rings. The van der Waals surface area contributed by atoms with Crippen LogP contribution in [0.4, 0.5) is 17.3 Å². The second-order valence-corrected chi connectivity index (χ2v) is 6.53. The number of anilines is 3. The molecule has 6 heteroatoms. The molecule has 132 valence electrons. The van der Waals surface area contributed by atoms with E-state index in [0.29, 0.717) is 16.5 Å². The molecule has 0 aliphatic carbocycles. The van der Waals surface area contributed by atoms with Crippen molar-refractivity contribution in [3.8, 4) is 0 Å². The third-order valence-corrected chi connectivity index (χ3v) is 4.03. The number of rotatable bonds is 4. The van der Waals surface area contributed by atoms with Gasteiger partial charge in [-0.05, 0) is 68.8 Å². The number of aryl methyl sites for hydroxylation is 3. The number of benzene rings is 2. The standard InChI is InChI=1S/C20H19ClN4O/c1-12-9-16(21)7-8-18(12)25-19(26)15-5-4-6-17(11-15)24-20-22-13(2)10-14(3)23-20/h4-11H,1-3H3,(H,25,26)(H,22,23,24). The van der Waals surface area contributed by atoms with E-state index in [4.69, 9.17) is 11.6 Å². The molecule has 0 aliphatic heterocycles. The Balaban J connectivity index is 1.78. The largest absolute Gasteiger partial charge is 0.324 e. The lowest BCUT2D eigenvalue weighted by molar-refractivity contribution is 0.102. The number of carbonyl (C=O) groups excluding carboxylic acids is 1. The average molecular weight is 367 g/mol. The molecule has 1 aromatic heterocycles. The lowest BCUT2D eigenvalue weighted by atomic mass is 10.1. The van der Waals surface area contributed by atoms with Crippen molar-refractivity contribution < 1.29 is 4.79 Å². The van der Waals surface area contributed by atoms with Crippen LogP contribution in [0.3, 0.4) is 0 Å². The number of hydrogen-bond acceptors (Lipinski definition) is 4. The van der Waals surface area contributed by atoms with E-state index in [0.717, 1.165) is 28.3 Å². The number of halogens is 1. The first kappa shape index (κ1) is 17.9. The van der Waals surface area contributed by atoms with Crippen molar-refractivity contribution >= 4 is 34.8 Å². The van der Waals surface area contributed by atoms with Crippen LogP contribution < -0.4 is 10.6 Å². The number of amides is 1. The zero-order valence-electron chi connectivity index (χ0n) is 14.8. The van der Waals surface area contributed by atoms with Gasteiger partial charge in [-0.25, -0.2) is 9.97 Å². The highest BCUT2D eigenvalue weighted by Crippen LogP contribution is 2.21. The van der Waals surface area contributed by atoms with Crippen LogP contribution in [0.15, 0.2) is 48.5 Å². The molecule has 2 aromatic carbocycles. The van der Waals surface area contributed by atoms with E-state index in [1.54, 1.807) is 24.3 Å². The van der Waals surface area contributed by atoms with Crippen LogP contribution in [-0.2, 0) is 0 Å². The van der Waals surface area contributed by atoms with E-state index in [1.165, 1.54) is 0 Å². The third kappa shape index (κ3) is 4.37. The van der Waals surface area contributed by atoms with Crippen LogP contribution in [0.1, 0.15) is 27.3 Å². The first-order valence-corrected chi connectivity index (χ1v) is 8.55. The van der Waals surface area contributed by atoms with E-state index >= 15 is 0 Å². The van der Waals surface area contributed by atoms with Gasteiger partial charge in [0.05, 0.1) is 0 Å². The summed E-state index contributed by atoms with van der Waals surface area (Å²) in [6.07, 6.45) is 0. The van der Waals surface area contributed by atoms with Crippen molar-refractivity contribution in [2.75, 3.05) is 10.6 Å². The summed E-state index contributed by atoms with van der Waals surface area (Å²) in [4.78, 5) is 21.3. The monoisotopic (exact) mass is 366 g/mol. The Labute approximate surface area is 157 Å². The lowest BCUT2D eigenvalue weighted by Crippen LogP contribution is -2.13. The van der Waals surface area contributed by atoms with E-state index in [9.17, 15) is 4.79 Å². The summed E-state index contributed by atoms with van der Waals surface area (Å²) in [5, 5.41) is 6.69.